The molecule has 2 aromatic rings. The van der Waals surface area contributed by atoms with Crippen LogP contribution in [-0.4, -0.2) is 40.3 Å². The van der Waals surface area contributed by atoms with E-state index in [0.29, 0.717) is 17.8 Å². The highest BCUT2D eigenvalue weighted by Gasteiger charge is 2.29. The van der Waals surface area contributed by atoms with E-state index in [9.17, 15) is 18.5 Å². The average Bonchev–Trinajstić information content (AvgIpc) is 2.86. The smallest absolute Gasteiger partial charge is 0.359 e. The number of hydrogen-bond donors (Lipinski definition) is 1. The first kappa shape index (κ1) is 13.3. The second-order valence-electron chi connectivity index (χ2n) is 4.69. The minimum Gasteiger partial charge on any atom is -0.359 e. The van der Waals surface area contributed by atoms with Crippen molar-refractivity contribution in [1.82, 2.24) is 9.38 Å². The van der Waals surface area contributed by atoms with E-state index in [-0.39, 0.29) is 29.2 Å². The third-order valence-electron chi connectivity index (χ3n) is 3.21. The number of anilines is 1. The van der Waals surface area contributed by atoms with Crippen LogP contribution in [0.25, 0.3) is 4.96 Å². The molecule has 0 spiro atoms. The normalized spacial score (nSPS) is 21.9. The molecule has 8 nitrogen and oxygen atoms in total. The minimum atomic E-state index is -3.07. The van der Waals surface area contributed by atoms with Crippen LogP contribution < -0.4 is 5.32 Å². The SMILES string of the molecule is O=[N+]([O-])c1c(NC2CCCS(=O)(=O)C2)nc2sccn12. The summed E-state index contributed by atoms with van der Waals surface area (Å²) in [5.74, 6) is 0.175. The number of rotatable bonds is 3. The van der Waals surface area contributed by atoms with Crippen LogP contribution in [0.5, 0.6) is 0 Å². The Morgan fingerprint density at radius 3 is 3.05 bits per heavy atom. The van der Waals surface area contributed by atoms with E-state index in [1.165, 1.54) is 15.7 Å². The van der Waals surface area contributed by atoms with Gasteiger partial charge in [0.15, 0.2) is 9.84 Å². The van der Waals surface area contributed by atoms with Gasteiger partial charge in [0.05, 0.1) is 11.5 Å². The van der Waals surface area contributed by atoms with Crippen molar-refractivity contribution in [2.24, 2.45) is 0 Å². The molecule has 2 aromatic heterocycles. The zero-order chi connectivity index (χ0) is 14.3. The molecule has 1 fully saturated rings. The first-order valence-electron chi connectivity index (χ1n) is 6.03. The van der Waals surface area contributed by atoms with E-state index >= 15 is 0 Å². The maximum absolute atomic E-state index is 11.6. The Kier molecular flexibility index (Phi) is 3.13. The fraction of sp³-hybridized carbons (Fsp3) is 0.500. The van der Waals surface area contributed by atoms with Crippen molar-refractivity contribution >= 4 is 37.8 Å². The lowest BCUT2D eigenvalue weighted by Gasteiger charge is -2.22. The summed E-state index contributed by atoms with van der Waals surface area (Å²) in [5, 5.41) is 15.8. The van der Waals surface area contributed by atoms with E-state index in [1.807, 2.05) is 0 Å². The Balaban J connectivity index is 1.92. The Morgan fingerprint density at radius 1 is 1.55 bits per heavy atom. The van der Waals surface area contributed by atoms with Crippen LogP contribution >= 0.6 is 11.3 Å². The number of hydrogen-bond acceptors (Lipinski definition) is 7. The lowest BCUT2D eigenvalue weighted by molar-refractivity contribution is -0.389. The molecule has 0 aliphatic carbocycles. The molecule has 1 aliphatic rings. The van der Waals surface area contributed by atoms with Crippen LogP contribution in [0.15, 0.2) is 11.6 Å². The minimum absolute atomic E-state index is 0.00463. The van der Waals surface area contributed by atoms with Crippen molar-refractivity contribution in [3.63, 3.8) is 0 Å². The standard InChI is InChI=1S/C10H12N4O4S2/c15-14(16)9-8(12-10-13(9)3-4-19-10)11-7-2-1-5-20(17,18)6-7/h3-4,7,11H,1-2,5-6H2. The molecule has 1 N–H and O–H groups in total. The van der Waals surface area contributed by atoms with Crippen LogP contribution in [0.1, 0.15) is 12.8 Å². The van der Waals surface area contributed by atoms with E-state index < -0.39 is 14.8 Å². The van der Waals surface area contributed by atoms with E-state index in [1.54, 1.807) is 11.6 Å². The van der Waals surface area contributed by atoms with Crippen LogP contribution in [0, 0.1) is 10.1 Å². The zero-order valence-electron chi connectivity index (χ0n) is 10.4. The lowest BCUT2D eigenvalue weighted by atomic mass is 10.2. The summed E-state index contributed by atoms with van der Waals surface area (Å²) in [4.78, 5) is 15.3. The van der Waals surface area contributed by atoms with Crippen molar-refractivity contribution < 1.29 is 13.3 Å². The first-order chi connectivity index (χ1) is 9.46. The van der Waals surface area contributed by atoms with Gasteiger partial charge < -0.3 is 15.4 Å². The Labute approximate surface area is 118 Å². The predicted octanol–water partition coefficient (Wildman–Crippen LogP) is 1.29. The summed E-state index contributed by atoms with van der Waals surface area (Å²) in [6.45, 7) is 0. The second-order valence-corrected chi connectivity index (χ2v) is 7.80. The van der Waals surface area contributed by atoms with Gasteiger partial charge in [-0.1, -0.05) is 11.3 Å². The van der Waals surface area contributed by atoms with Crippen molar-refractivity contribution in [2.45, 2.75) is 18.9 Å². The van der Waals surface area contributed by atoms with E-state index in [2.05, 4.69) is 10.3 Å². The van der Waals surface area contributed by atoms with Crippen LogP contribution in [0.2, 0.25) is 0 Å². The third kappa shape index (κ3) is 2.36. The summed E-state index contributed by atoms with van der Waals surface area (Å²) >= 11 is 1.29. The van der Waals surface area contributed by atoms with Gasteiger partial charge in [0.1, 0.15) is 6.20 Å². The molecule has 20 heavy (non-hydrogen) atoms. The summed E-state index contributed by atoms with van der Waals surface area (Å²) in [6.07, 6.45) is 2.81. The van der Waals surface area contributed by atoms with Gasteiger partial charge in [0.25, 0.3) is 4.96 Å². The van der Waals surface area contributed by atoms with Crippen LogP contribution in [0.3, 0.4) is 0 Å². The van der Waals surface area contributed by atoms with Crippen molar-refractivity contribution in [2.75, 3.05) is 16.8 Å². The number of thiazole rings is 1. The van der Waals surface area contributed by atoms with Crippen LogP contribution in [0.4, 0.5) is 11.6 Å². The number of nitrogens with one attached hydrogen (secondary N) is 1. The molecule has 1 unspecified atom stereocenters. The van der Waals surface area contributed by atoms with Gasteiger partial charge >= 0.3 is 5.82 Å². The molecule has 0 bridgehead atoms. The summed E-state index contributed by atoms with van der Waals surface area (Å²) in [7, 11) is -3.07. The third-order valence-corrected chi connectivity index (χ3v) is 5.79. The number of fused-ring (bicyclic) bond motifs is 1. The molecule has 3 heterocycles. The predicted molar refractivity (Wildman–Crippen MR) is 75.0 cm³/mol. The number of imidazole rings is 1. The molecule has 1 aliphatic heterocycles. The number of sulfone groups is 1. The van der Waals surface area contributed by atoms with E-state index in [0.717, 1.165) is 0 Å². The fourth-order valence-corrected chi connectivity index (χ4v) is 4.72. The lowest BCUT2D eigenvalue weighted by Crippen LogP contribution is -2.35. The number of nitrogens with zero attached hydrogens (tertiary/aromatic N) is 3. The molecule has 1 saturated heterocycles. The quantitative estimate of drug-likeness (QED) is 0.675. The summed E-state index contributed by atoms with van der Waals surface area (Å²) in [6, 6.07) is -0.322. The monoisotopic (exact) mass is 316 g/mol. The van der Waals surface area contributed by atoms with Crippen molar-refractivity contribution in [3.05, 3.63) is 21.7 Å². The molecular weight excluding hydrogens is 304 g/mol. The molecule has 0 aromatic carbocycles. The molecule has 10 heteroatoms. The second kappa shape index (κ2) is 4.70. The van der Waals surface area contributed by atoms with Crippen molar-refractivity contribution in [3.8, 4) is 0 Å². The fourth-order valence-electron chi connectivity index (χ4n) is 2.38. The van der Waals surface area contributed by atoms with Gasteiger partial charge in [-0.3, -0.25) is 0 Å². The Morgan fingerprint density at radius 2 is 2.35 bits per heavy atom. The topological polar surface area (TPSA) is 107 Å². The molecule has 3 rings (SSSR count). The highest BCUT2D eigenvalue weighted by molar-refractivity contribution is 7.91. The van der Waals surface area contributed by atoms with Gasteiger partial charge in [0.2, 0.25) is 5.82 Å². The van der Waals surface area contributed by atoms with Gasteiger partial charge in [-0.15, -0.1) is 0 Å². The van der Waals surface area contributed by atoms with E-state index in [4.69, 9.17) is 0 Å². The molecule has 1 atom stereocenters. The molecule has 108 valence electrons. The first-order valence-corrected chi connectivity index (χ1v) is 8.73. The van der Waals surface area contributed by atoms with Crippen molar-refractivity contribution in [1.29, 1.82) is 0 Å². The summed E-state index contributed by atoms with van der Waals surface area (Å²) in [5.41, 5.74) is 0. The highest BCUT2D eigenvalue weighted by Crippen LogP contribution is 2.29. The van der Waals surface area contributed by atoms with Gasteiger partial charge in [-0.25, -0.2) is 8.42 Å². The summed E-state index contributed by atoms with van der Waals surface area (Å²) < 4.78 is 24.6. The highest BCUT2D eigenvalue weighted by atomic mass is 32.2. The molecule has 0 saturated carbocycles. The molecule has 0 radical (unpaired) electrons. The molecule has 0 amide bonds. The van der Waals surface area contributed by atoms with Gasteiger partial charge in [-0.05, 0) is 17.8 Å². The number of nitro groups is 1. The largest absolute Gasteiger partial charge is 0.372 e. The van der Waals surface area contributed by atoms with Gasteiger partial charge in [-0.2, -0.15) is 9.38 Å². The average molecular weight is 316 g/mol. The zero-order valence-corrected chi connectivity index (χ0v) is 12.0. The Bertz CT molecular complexity index is 763. The maximum Gasteiger partial charge on any atom is 0.372 e. The van der Waals surface area contributed by atoms with Crippen LogP contribution in [-0.2, 0) is 9.84 Å². The number of aromatic nitrogens is 2. The van der Waals surface area contributed by atoms with Gasteiger partial charge in [0, 0.05) is 11.4 Å². The molecular formula is C10H12N4O4S2. The Hall–Kier alpha value is -1.68. The maximum atomic E-state index is 11.6.